The van der Waals surface area contributed by atoms with Crippen LogP contribution in [0.2, 0.25) is 0 Å². The number of rotatable bonds is 7. The molecule has 5 heteroatoms. The smallest absolute Gasteiger partial charge is 0.134 e. The first-order valence-electron chi connectivity index (χ1n) is 7.19. The molecule has 1 heterocycles. The van der Waals surface area contributed by atoms with Crippen molar-refractivity contribution in [3.63, 3.8) is 0 Å². The zero-order valence-electron chi connectivity index (χ0n) is 12.6. The van der Waals surface area contributed by atoms with E-state index in [2.05, 4.69) is 31.1 Å². The van der Waals surface area contributed by atoms with Crippen LogP contribution in [0.15, 0.2) is 29.3 Å². The van der Waals surface area contributed by atoms with Crippen LogP contribution in [-0.4, -0.2) is 17.3 Å². The summed E-state index contributed by atoms with van der Waals surface area (Å²) >= 11 is 3.22. The molecule has 0 aliphatic rings. The van der Waals surface area contributed by atoms with Crippen molar-refractivity contribution in [3.8, 4) is 10.6 Å². The van der Waals surface area contributed by atoms with Gasteiger partial charge in [-0.1, -0.05) is 26.8 Å². The summed E-state index contributed by atoms with van der Waals surface area (Å²) in [6.07, 6.45) is 1.85. The van der Waals surface area contributed by atoms with Gasteiger partial charge >= 0.3 is 0 Å². The first-order chi connectivity index (χ1) is 10.1. The van der Waals surface area contributed by atoms with Gasteiger partial charge in [0.1, 0.15) is 10.8 Å². The minimum absolute atomic E-state index is 0.190. The number of nitrogens with zero attached hydrogens (tertiary/aromatic N) is 1. The van der Waals surface area contributed by atoms with Crippen LogP contribution < -0.4 is 5.32 Å². The molecule has 1 aromatic carbocycles. The van der Waals surface area contributed by atoms with Crippen LogP contribution in [0.3, 0.4) is 0 Å². The summed E-state index contributed by atoms with van der Waals surface area (Å²) in [5.74, 6) is 1.35. The van der Waals surface area contributed by atoms with Crippen LogP contribution in [-0.2, 0) is 6.54 Å². The van der Waals surface area contributed by atoms with E-state index in [0.717, 1.165) is 33.6 Å². The van der Waals surface area contributed by atoms with E-state index in [-0.39, 0.29) is 5.82 Å². The van der Waals surface area contributed by atoms with E-state index in [9.17, 15) is 4.39 Å². The molecule has 2 aromatic rings. The Morgan fingerprint density at radius 2 is 2.19 bits per heavy atom. The van der Waals surface area contributed by atoms with E-state index in [1.165, 1.54) is 6.07 Å². The molecule has 0 saturated heterocycles. The summed E-state index contributed by atoms with van der Waals surface area (Å²) in [6, 6.07) is 5.23. The minimum atomic E-state index is -0.190. The van der Waals surface area contributed by atoms with Crippen molar-refractivity contribution >= 4 is 23.1 Å². The number of thioether (sulfide) groups is 1. The van der Waals surface area contributed by atoms with Gasteiger partial charge in [0.25, 0.3) is 0 Å². The third kappa shape index (κ3) is 4.53. The maximum absolute atomic E-state index is 14.2. The molecule has 2 nitrogen and oxygen atoms in total. The van der Waals surface area contributed by atoms with Crippen LogP contribution in [0, 0.1) is 11.7 Å². The van der Waals surface area contributed by atoms with Gasteiger partial charge in [0.15, 0.2) is 0 Å². The molecule has 0 fully saturated rings. The highest BCUT2D eigenvalue weighted by molar-refractivity contribution is 7.99. The molecule has 0 aliphatic carbocycles. The van der Waals surface area contributed by atoms with E-state index in [1.807, 2.05) is 12.3 Å². The minimum Gasteiger partial charge on any atom is -0.312 e. The predicted octanol–water partition coefficient (Wildman–Crippen LogP) is 4.81. The zero-order chi connectivity index (χ0) is 15.2. The van der Waals surface area contributed by atoms with Gasteiger partial charge < -0.3 is 5.32 Å². The van der Waals surface area contributed by atoms with Gasteiger partial charge in [-0.25, -0.2) is 9.37 Å². The number of aromatic nitrogens is 1. The Bertz CT molecular complexity index is 581. The molecule has 1 aromatic heterocycles. The first kappa shape index (κ1) is 16.5. The Kier molecular flexibility index (Phi) is 6.21. The Morgan fingerprint density at radius 3 is 2.90 bits per heavy atom. The van der Waals surface area contributed by atoms with Crippen molar-refractivity contribution in [2.75, 3.05) is 12.3 Å². The van der Waals surface area contributed by atoms with E-state index in [4.69, 9.17) is 0 Å². The molecule has 0 radical (unpaired) electrons. The fourth-order valence-electron chi connectivity index (χ4n) is 1.98. The lowest BCUT2D eigenvalue weighted by Crippen LogP contribution is -2.18. The Balaban J connectivity index is 2.17. The monoisotopic (exact) mass is 324 g/mol. The molecule has 0 spiro atoms. The van der Waals surface area contributed by atoms with E-state index >= 15 is 0 Å². The van der Waals surface area contributed by atoms with Gasteiger partial charge in [-0.3, -0.25) is 0 Å². The van der Waals surface area contributed by atoms with Crippen molar-refractivity contribution in [3.05, 3.63) is 35.1 Å². The molecule has 0 unspecified atom stereocenters. The Morgan fingerprint density at radius 1 is 1.38 bits per heavy atom. The summed E-state index contributed by atoms with van der Waals surface area (Å²) < 4.78 is 14.2. The number of thiazole rings is 1. The predicted molar refractivity (Wildman–Crippen MR) is 90.5 cm³/mol. The quantitative estimate of drug-likeness (QED) is 0.740. The van der Waals surface area contributed by atoms with Gasteiger partial charge in [-0.15, -0.1) is 23.1 Å². The topological polar surface area (TPSA) is 24.9 Å². The molecule has 0 amide bonds. The fraction of sp³-hybridized carbons (Fsp3) is 0.438. The summed E-state index contributed by atoms with van der Waals surface area (Å²) in [5, 5.41) is 4.16. The van der Waals surface area contributed by atoms with Crippen molar-refractivity contribution in [1.29, 1.82) is 0 Å². The Hall–Kier alpha value is -0.910. The van der Waals surface area contributed by atoms with Gasteiger partial charge in [-0.2, -0.15) is 0 Å². The molecule has 2 rings (SSSR count). The summed E-state index contributed by atoms with van der Waals surface area (Å²) in [6.45, 7) is 8.20. The summed E-state index contributed by atoms with van der Waals surface area (Å²) in [7, 11) is 0. The SMILES string of the molecule is CCSc1cccc(F)c1-c1ncc(CNCC(C)C)s1. The van der Waals surface area contributed by atoms with Crippen molar-refractivity contribution in [2.24, 2.45) is 5.92 Å². The zero-order valence-corrected chi connectivity index (χ0v) is 14.3. The normalized spacial score (nSPS) is 11.3. The largest absolute Gasteiger partial charge is 0.312 e. The molecule has 0 saturated carbocycles. The molecular formula is C16H21FN2S2. The highest BCUT2D eigenvalue weighted by Crippen LogP contribution is 2.35. The molecular weight excluding hydrogens is 303 g/mol. The van der Waals surface area contributed by atoms with Gasteiger partial charge in [-0.05, 0) is 30.3 Å². The highest BCUT2D eigenvalue weighted by atomic mass is 32.2. The van der Waals surface area contributed by atoms with Crippen LogP contribution in [0.25, 0.3) is 10.6 Å². The number of benzene rings is 1. The highest BCUT2D eigenvalue weighted by Gasteiger charge is 2.14. The van der Waals surface area contributed by atoms with Crippen LogP contribution >= 0.6 is 23.1 Å². The second kappa shape index (κ2) is 7.92. The summed E-state index contributed by atoms with van der Waals surface area (Å²) in [5.41, 5.74) is 0.643. The average molecular weight is 324 g/mol. The Labute approximate surface area is 134 Å². The maximum atomic E-state index is 14.2. The molecule has 1 N–H and O–H groups in total. The lowest BCUT2D eigenvalue weighted by molar-refractivity contribution is 0.554. The lowest BCUT2D eigenvalue weighted by Gasteiger charge is -2.07. The lowest BCUT2D eigenvalue weighted by atomic mass is 10.2. The van der Waals surface area contributed by atoms with Crippen molar-refractivity contribution < 1.29 is 4.39 Å². The van der Waals surface area contributed by atoms with Crippen LogP contribution in [0.1, 0.15) is 25.6 Å². The van der Waals surface area contributed by atoms with Crippen LogP contribution in [0.4, 0.5) is 4.39 Å². The molecule has 0 bridgehead atoms. The first-order valence-corrected chi connectivity index (χ1v) is 8.99. The van der Waals surface area contributed by atoms with Gasteiger partial charge in [0, 0.05) is 22.5 Å². The third-order valence-electron chi connectivity index (χ3n) is 2.89. The van der Waals surface area contributed by atoms with Crippen molar-refractivity contribution in [2.45, 2.75) is 32.2 Å². The second-order valence-corrected chi connectivity index (χ2v) is 7.62. The molecule has 114 valence electrons. The average Bonchev–Trinajstić information content (AvgIpc) is 2.87. The molecule has 0 aliphatic heterocycles. The van der Waals surface area contributed by atoms with E-state index in [1.54, 1.807) is 29.2 Å². The number of nitrogens with one attached hydrogen (secondary N) is 1. The van der Waals surface area contributed by atoms with Crippen LogP contribution in [0.5, 0.6) is 0 Å². The van der Waals surface area contributed by atoms with Gasteiger partial charge in [0.2, 0.25) is 0 Å². The number of hydrogen-bond donors (Lipinski definition) is 1. The van der Waals surface area contributed by atoms with E-state index < -0.39 is 0 Å². The molecule has 0 atom stereocenters. The second-order valence-electron chi connectivity index (χ2n) is 5.20. The molecule has 21 heavy (non-hydrogen) atoms. The maximum Gasteiger partial charge on any atom is 0.134 e. The summed E-state index contributed by atoms with van der Waals surface area (Å²) in [4.78, 5) is 6.52. The van der Waals surface area contributed by atoms with Gasteiger partial charge in [0.05, 0.1) is 5.56 Å². The van der Waals surface area contributed by atoms with E-state index in [0.29, 0.717) is 11.5 Å². The van der Waals surface area contributed by atoms with Crippen molar-refractivity contribution in [1.82, 2.24) is 10.3 Å². The number of halogens is 1. The fourth-order valence-corrected chi connectivity index (χ4v) is 3.81. The number of hydrogen-bond acceptors (Lipinski definition) is 4. The standard InChI is InChI=1S/C16H21FN2S2/c1-4-20-14-7-5-6-13(17)15(14)16-19-10-12(21-16)9-18-8-11(2)3/h5-7,10-11,18H,4,8-9H2,1-3H3. The third-order valence-corrected chi connectivity index (χ3v) is 4.85.